The van der Waals surface area contributed by atoms with E-state index in [2.05, 4.69) is 22.2 Å². The Morgan fingerprint density at radius 2 is 2.21 bits per heavy atom. The van der Waals surface area contributed by atoms with Crippen LogP contribution in [0.4, 0.5) is 0 Å². The average Bonchev–Trinajstić information content (AvgIpc) is 3.25. The van der Waals surface area contributed by atoms with Crippen molar-refractivity contribution in [2.45, 2.75) is 62.4 Å². The van der Waals surface area contributed by atoms with E-state index in [-0.39, 0.29) is 16.7 Å². The number of nitrogens with one attached hydrogen (secondary N) is 2. The van der Waals surface area contributed by atoms with Crippen LogP contribution in [0.15, 0.2) is 9.95 Å². The fourth-order valence-corrected chi connectivity index (χ4v) is 5.40. The molecule has 2 aliphatic carbocycles. The number of aromatic nitrogens is 2. The predicted octanol–water partition coefficient (Wildman–Crippen LogP) is 2.87. The van der Waals surface area contributed by atoms with Crippen LogP contribution in [0.3, 0.4) is 0 Å². The standard InChI is InChI=1S/C17H21N3O2S2/c1-8-3-6-11-12(7-8)24-16-13(11)15(22)19-17(20-16)23-9(2)14(21)18-10-4-5-10/h8-10H,3-7H2,1-2H3,(H,18,21)(H,19,20,22)/t8-,9-/m0/s1. The van der Waals surface area contributed by atoms with E-state index in [0.717, 1.165) is 42.3 Å². The van der Waals surface area contributed by atoms with Gasteiger partial charge in [-0.1, -0.05) is 18.7 Å². The summed E-state index contributed by atoms with van der Waals surface area (Å²) in [4.78, 5) is 34.3. The monoisotopic (exact) mass is 363 g/mol. The van der Waals surface area contributed by atoms with Gasteiger partial charge >= 0.3 is 0 Å². The van der Waals surface area contributed by atoms with Gasteiger partial charge in [-0.2, -0.15) is 0 Å². The molecule has 2 atom stereocenters. The van der Waals surface area contributed by atoms with E-state index in [4.69, 9.17) is 0 Å². The molecule has 2 aromatic rings. The maximum Gasteiger partial charge on any atom is 0.260 e. The second kappa shape index (κ2) is 6.19. The molecule has 1 amide bonds. The predicted molar refractivity (Wildman–Crippen MR) is 97.9 cm³/mol. The highest BCUT2D eigenvalue weighted by atomic mass is 32.2. The quantitative estimate of drug-likeness (QED) is 0.647. The van der Waals surface area contributed by atoms with E-state index in [1.807, 2.05) is 6.92 Å². The molecule has 7 heteroatoms. The molecule has 0 bridgehead atoms. The number of carbonyl (C=O) groups is 1. The number of amides is 1. The summed E-state index contributed by atoms with van der Waals surface area (Å²) in [7, 11) is 0. The zero-order valence-electron chi connectivity index (χ0n) is 13.8. The van der Waals surface area contributed by atoms with Gasteiger partial charge in [0.15, 0.2) is 5.16 Å². The molecule has 0 aromatic carbocycles. The highest BCUT2D eigenvalue weighted by Crippen LogP contribution is 2.36. The van der Waals surface area contributed by atoms with Gasteiger partial charge in [-0.3, -0.25) is 9.59 Å². The lowest BCUT2D eigenvalue weighted by Gasteiger charge is -2.17. The molecule has 5 nitrogen and oxygen atoms in total. The summed E-state index contributed by atoms with van der Waals surface area (Å²) in [6, 6.07) is 0.348. The molecule has 2 aromatic heterocycles. The number of hydrogen-bond acceptors (Lipinski definition) is 5. The van der Waals surface area contributed by atoms with Crippen LogP contribution in [-0.4, -0.2) is 27.2 Å². The minimum absolute atomic E-state index is 0.0181. The van der Waals surface area contributed by atoms with Crippen molar-refractivity contribution in [2.75, 3.05) is 0 Å². The Hall–Kier alpha value is -1.34. The number of H-pyrrole nitrogens is 1. The molecular formula is C17H21N3O2S2. The first-order chi connectivity index (χ1) is 11.5. The number of aromatic amines is 1. The zero-order chi connectivity index (χ0) is 16.8. The highest BCUT2D eigenvalue weighted by Gasteiger charge is 2.27. The van der Waals surface area contributed by atoms with E-state index < -0.39 is 0 Å². The second-order valence-electron chi connectivity index (χ2n) is 6.95. The van der Waals surface area contributed by atoms with Crippen LogP contribution in [-0.2, 0) is 17.6 Å². The molecule has 0 radical (unpaired) electrons. The smallest absolute Gasteiger partial charge is 0.260 e. The molecule has 0 aliphatic heterocycles. The van der Waals surface area contributed by atoms with Gasteiger partial charge in [0.1, 0.15) is 4.83 Å². The Labute approximate surface area is 148 Å². The molecule has 2 N–H and O–H groups in total. The van der Waals surface area contributed by atoms with Gasteiger partial charge in [-0.15, -0.1) is 11.3 Å². The Bertz CT molecular complexity index is 853. The minimum atomic E-state index is -0.263. The summed E-state index contributed by atoms with van der Waals surface area (Å²) in [6.07, 6.45) is 5.28. The topological polar surface area (TPSA) is 74.8 Å². The molecule has 4 rings (SSSR count). The fraction of sp³-hybridized carbons (Fsp3) is 0.588. The van der Waals surface area contributed by atoms with Crippen LogP contribution in [0, 0.1) is 5.92 Å². The molecule has 0 spiro atoms. The van der Waals surface area contributed by atoms with E-state index in [9.17, 15) is 9.59 Å². The maximum atomic E-state index is 12.6. The number of aryl methyl sites for hydroxylation is 1. The number of rotatable bonds is 4. The second-order valence-corrected chi connectivity index (χ2v) is 9.36. The number of carbonyl (C=O) groups excluding carboxylic acids is 1. The van der Waals surface area contributed by atoms with Crippen molar-refractivity contribution in [1.82, 2.24) is 15.3 Å². The highest BCUT2D eigenvalue weighted by molar-refractivity contribution is 8.00. The van der Waals surface area contributed by atoms with Crippen molar-refractivity contribution in [3.8, 4) is 0 Å². The Balaban J connectivity index is 1.60. The molecule has 0 unspecified atom stereocenters. The summed E-state index contributed by atoms with van der Waals surface area (Å²) in [5.74, 6) is 0.689. The lowest BCUT2D eigenvalue weighted by atomic mass is 9.89. The Morgan fingerprint density at radius 3 is 2.96 bits per heavy atom. The molecule has 2 aliphatic rings. The van der Waals surface area contributed by atoms with Gasteiger partial charge in [0.25, 0.3) is 5.56 Å². The van der Waals surface area contributed by atoms with Crippen LogP contribution in [0.25, 0.3) is 10.2 Å². The molecule has 2 heterocycles. The molecule has 24 heavy (non-hydrogen) atoms. The Kier molecular flexibility index (Phi) is 4.16. The molecular weight excluding hydrogens is 342 g/mol. The van der Waals surface area contributed by atoms with Gasteiger partial charge in [0, 0.05) is 10.9 Å². The fourth-order valence-electron chi connectivity index (χ4n) is 3.15. The summed E-state index contributed by atoms with van der Waals surface area (Å²) in [6.45, 7) is 4.11. The van der Waals surface area contributed by atoms with E-state index in [0.29, 0.717) is 17.1 Å². The minimum Gasteiger partial charge on any atom is -0.352 e. The van der Waals surface area contributed by atoms with Crippen molar-refractivity contribution in [2.24, 2.45) is 5.92 Å². The van der Waals surface area contributed by atoms with Gasteiger partial charge < -0.3 is 10.3 Å². The summed E-state index contributed by atoms with van der Waals surface area (Å²) < 4.78 is 0. The van der Waals surface area contributed by atoms with E-state index >= 15 is 0 Å². The molecule has 128 valence electrons. The normalized spacial score (nSPS) is 21.5. The largest absolute Gasteiger partial charge is 0.352 e. The number of fused-ring (bicyclic) bond motifs is 3. The van der Waals surface area contributed by atoms with Crippen LogP contribution >= 0.6 is 23.1 Å². The SMILES string of the molecule is C[C@H]1CCc2c(sc3nc(S[C@@H](C)C(=O)NC4CC4)[nH]c(=O)c23)C1. The maximum absolute atomic E-state index is 12.6. The summed E-state index contributed by atoms with van der Waals surface area (Å²) in [5.41, 5.74) is 1.13. The Morgan fingerprint density at radius 1 is 1.42 bits per heavy atom. The first-order valence-electron chi connectivity index (χ1n) is 8.53. The van der Waals surface area contributed by atoms with E-state index in [1.54, 1.807) is 11.3 Å². The van der Waals surface area contributed by atoms with Crippen molar-refractivity contribution in [3.63, 3.8) is 0 Å². The van der Waals surface area contributed by atoms with Crippen LogP contribution < -0.4 is 10.9 Å². The van der Waals surface area contributed by atoms with Crippen molar-refractivity contribution < 1.29 is 4.79 Å². The molecule has 1 fully saturated rings. The first-order valence-corrected chi connectivity index (χ1v) is 10.2. The number of hydrogen-bond donors (Lipinski definition) is 2. The van der Waals surface area contributed by atoms with Crippen molar-refractivity contribution >= 4 is 39.2 Å². The van der Waals surface area contributed by atoms with Crippen LogP contribution in [0.2, 0.25) is 0 Å². The third-order valence-electron chi connectivity index (χ3n) is 4.73. The number of nitrogens with zero attached hydrogens (tertiary/aromatic N) is 1. The lowest BCUT2D eigenvalue weighted by Crippen LogP contribution is -2.32. The van der Waals surface area contributed by atoms with Gasteiger partial charge in [-0.25, -0.2) is 4.98 Å². The lowest BCUT2D eigenvalue weighted by molar-refractivity contribution is -0.120. The molecule has 1 saturated carbocycles. The van der Waals surface area contributed by atoms with Crippen molar-refractivity contribution in [3.05, 3.63) is 20.8 Å². The summed E-state index contributed by atoms with van der Waals surface area (Å²) in [5, 5.41) is 4.03. The van der Waals surface area contributed by atoms with Gasteiger partial charge in [0.05, 0.1) is 10.6 Å². The number of thioether (sulfide) groups is 1. The van der Waals surface area contributed by atoms with Crippen LogP contribution in [0.1, 0.15) is 43.6 Å². The van der Waals surface area contributed by atoms with Gasteiger partial charge in [-0.05, 0) is 50.5 Å². The summed E-state index contributed by atoms with van der Waals surface area (Å²) >= 11 is 2.97. The first kappa shape index (κ1) is 16.1. The third kappa shape index (κ3) is 3.11. The molecule has 0 saturated heterocycles. The average molecular weight is 364 g/mol. The van der Waals surface area contributed by atoms with Crippen molar-refractivity contribution in [1.29, 1.82) is 0 Å². The van der Waals surface area contributed by atoms with Crippen LogP contribution in [0.5, 0.6) is 0 Å². The third-order valence-corrected chi connectivity index (χ3v) is 6.86. The number of thiophene rings is 1. The van der Waals surface area contributed by atoms with Gasteiger partial charge in [0.2, 0.25) is 5.91 Å². The zero-order valence-corrected chi connectivity index (χ0v) is 15.5. The van der Waals surface area contributed by atoms with E-state index in [1.165, 1.54) is 22.2 Å².